The molecular formula is C11H15BrN2O. The normalized spacial score (nSPS) is 17.9. The molecule has 0 atom stereocenters. The molecule has 1 aliphatic heterocycles. The van der Waals surface area contributed by atoms with E-state index in [1.807, 2.05) is 18.3 Å². The van der Waals surface area contributed by atoms with E-state index < -0.39 is 0 Å². The van der Waals surface area contributed by atoms with Crippen LogP contribution < -0.4 is 5.32 Å². The lowest BCUT2D eigenvalue weighted by atomic mass is 10.1. The van der Waals surface area contributed by atoms with E-state index in [0.29, 0.717) is 6.04 Å². The summed E-state index contributed by atoms with van der Waals surface area (Å²) in [5.74, 6) is 0. The standard InChI is InChI=1S/C11H15BrN2O/c12-11-7-9(1-4-13-11)8-14-10-2-5-15-6-3-10/h1,4,7,10,14H,2-3,5-6,8H2. The lowest BCUT2D eigenvalue weighted by Gasteiger charge is -2.23. The molecular weight excluding hydrogens is 256 g/mol. The van der Waals surface area contributed by atoms with Crippen molar-refractivity contribution in [1.82, 2.24) is 10.3 Å². The molecule has 0 spiro atoms. The maximum absolute atomic E-state index is 5.31. The first-order valence-corrected chi connectivity index (χ1v) is 6.05. The SMILES string of the molecule is Brc1cc(CNC2CCOCC2)ccn1. The van der Waals surface area contributed by atoms with Crippen molar-refractivity contribution in [2.45, 2.75) is 25.4 Å². The molecule has 0 bridgehead atoms. The highest BCUT2D eigenvalue weighted by atomic mass is 79.9. The molecule has 0 unspecified atom stereocenters. The molecule has 1 fully saturated rings. The number of ether oxygens (including phenoxy) is 1. The van der Waals surface area contributed by atoms with Crippen molar-refractivity contribution in [3.8, 4) is 0 Å². The van der Waals surface area contributed by atoms with Crippen molar-refractivity contribution >= 4 is 15.9 Å². The van der Waals surface area contributed by atoms with Crippen LogP contribution in [0.2, 0.25) is 0 Å². The number of rotatable bonds is 3. The number of aromatic nitrogens is 1. The summed E-state index contributed by atoms with van der Waals surface area (Å²) in [6.07, 6.45) is 4.06. The first-order valence-electron chi connectivity index (χ1n) is 5.26. The highest BCUT2D eigenvalue weighted by Gasteiger charge is 2.12. The van der Waals surface area contributed by atoms with Gasteiger partial charge in [0.05, 0.1) is 0 Å². The van der Waals surface area contributed by atoms with E-state index in [2.05, 4.69) is 26.2 Å². The molecule has 2 rings (SSSR count). The fourth-order valence-corrected chi connectivity index (χ4v) is 2.13. The van der Waals surface area contributed by atoms with Gasteiger partial charge < -0.3 is 10.1 Å². The fraction of sp³-hybridized carbons (Fsp3) is 0.545. The van der Waals surface area contributed by atoms with E-state index in [1.54, 1.807) is 0 Å². The Bertz CT molecular complexity index is 313. The number of pyridine rings is 1. The third-order valence-electron chi connectivity index (χ3n) is 2.61. The van der Waals surface area contributed by atoms with Crippen molar-refractivity contribution in [3.05, 3.63) is 28.5 Å². The third-order valence-corrected chi connectivity index (χ3v) is 3.04. The summed E-state index contributed by atoms with van der Waals surface area (Å²) in [6.45, 7) is 2.68. The van der Waals surface area contributed by atoms with Gasteiger partial charge in [0, 0.05) is 32.0 Å². The van der Waals surface area contributed by atoms with Gasteiger partial charge in [-0.3, -0.25) is 0 Å². The molecule has 0 aliphatic carbocycles. The second-order valence-electron chi connectivity index (χ2n) is 3.75. The Morgan fingerprint density at radius 1 is 1.47 bits per heavy atom. The lowest BCUT2D eigenvalue weighted by molar-refractivity contribution is 0.0776. The lowest BCUT2D eigenvalue weighted by Crippen LogP contribution is -2.34. The molecule has 82 valence electrons. The molecule has 1 aromatic heterocycles. The zero-order chi connectivity index (χ0) is 10.5. The van der Waals surface area contributed by atoms with E-state index in [0.717, 1.165) is 37.2 Å². The van der Waals surface area contributed by atoms with Gasteiger partial charge in [-0.05, 0) is 46.5 Å². The van der Waals surface area contributed by atoms with Crippen LogP contribution in [0.25, 0.3) is 0 Å². The number of nitrogens with zero attached hydrogens (tertiary/aromatic N) is 1. The van der Waals surface area contributed by atoms with E-state index in [9.17, 15) is 0 Å². The van der Waals surface area contributed by atoms with E-state index in [1.165, 1.54) is 5.56 Å². The minimum Gasteiger partial charge on any atom is -0.381 e. The summed E-state index contributed by atoms with van der Waals surface area (Å²) in [5.41, 5.74) is 1.27. The van der Waals surface area contributed by atoms with Gasteiger partial charge in [0.15, 0.2) is 0 Å². The Morgan fingerprint density at radius 3 is 3.00 bits per heavy atom. The van der Waals surface area contributed by atoms with Gasteiger partial charge in [-0.2, -0.15) is 0 Å². The van der Waals surface area contributed by atoms with Crippen LogP contribution in [0.1, 0.15) is 18.4 Å². The van der Waals surface area contributed by atoms with Crippen LogP contribution in [0.4, 0.5) is 0 Å². The Hall–Kier alpha value is -0.450. The Balaban J connectivity index is 1.81. The van der Waals surface area contributed by atoms with Crippen LogP contribution in [0.3, 0.4) is 0 Å². The number of hydrogen-bond acceptors (Lipinski definition) is 3. The zero-order valence-electron chi connectivity index (χ0n) is 8.58. The molecule has 1 N–H and O–H groups in total. The molecule has 1 saturated heterocycles. The van der Waals surface area contributed by atoms with Crippen LogP contribution in [0.5, 0.6) is 0 Å². The molecule has 4 heteroatoms. The van der Waals surface area contributed by atoms with Crippen molar-refractivity contribution in [2.75, 3.05) is 13.2 Å². The molecule has 1 aliphatic rings. The first kappa shape index (κ1) is 11.0. The second kappa shape index (κ2) is 5.58. The highest BCUT2D eigenvalue weighted by Crippen LogP contribution is 2.10. The van der Waals surface area contributed by atoms with E-state index in [4.69, 9.17) is 4.74 Å². The summed E-state index contributed by atoms with van der Waals surface area (Å²) in [7, 11) is 0. The Labute approximate surface area is 98.4 Å². The minimum atomic E-state index is 0.602. The first-order chi connectivity index (χ1) is 7.34. The van der Waals surface area contributed by atoms with Gasteiger partial charge in [0.2, 0.25) is 0 Å². The quantitative estimate of drug-likeness (QED) is 0.855. The van der Waals surface area contributed by atoms with Crippen molar-refractivity contribution in [2.24, 2.45) is 0 Å². The van der Waals surface area contributed by atoms with Crippen LogP contribution in [0, 0.1) is 0 Å². The minimum absolute atomic E-state index is 0.602. The summed E-state index contributed by atoms with van der Waals surface area (Å²) in [6, 6.07) is 4.69. The molecule has 1 aromatic rings. The number of hydrogen-bond donors (Lipinski definition) is 1. The smallest absolute Gasteiger partial charge is 0.106 e. The van der Waals surface area contributed by atoms with Gasteiger partial charge in [0.25, 0.3) is 0 Å². The average Bonchev–Trinajstić information content (AvgIpc) is 2.28. The van der Waals surface area contributed by atoms with Crippen LogP contribution in [-0.2, 0) is 11.3 Å². The van der Waals surface area contributed by atoms with Crippen LogP contribution in [-0.4, -0.2) is 24.2 Å². The molecule has 0 saturated carbocycles. The monoisotopic (exact) mass is 270 g/mol. The maximum Gasteiger partial charge on any atom is 0.106 e. The van der Waals surface area contributed by atoms with Gasteiger partial charge in [-0.25, -0.2) is 4.98 Å². The molecule has 0 radical (unpaired) electrons. The topological polar surface area (TPSA) is 34.1 Å². The Morgan fingerprint density at radius 2 is 2.27 bits per heavy atom. The largest absolute Gasteiger partial charge is 0.381 e. The summed E-state index contributed by atoms with van der Waals surface area (Å²) in [4.78, 5) is 4.10. The van der Waals surface area contributed by atoms with E-state index in [-0.39, 0.29) is 0 Å². The number of nitrogens with one attached hydrogen (secondary N) is 1. The predicted octanol–water partition coefficient (Wildman–Crippen LogP) is 2.11. The van der Waals surface area contributed by atoms with Crippen molar-refractivity contribution in [3.63, 3.8) is 0 Å². The summed E-state index contributed by atoms with van der Waals surface area (Å²) < 4.78 is 6.21. The highest BCUT2D eigenvalue weighted by molar-refractivity contribution is 9.10. The Kier molecular flexibility index (Phi) is 4.11. The van der Waals surface area contributed by atoms with E-state index >= 15 is 0 Å². The van der Waals surface area contributed by atoms with Crippen LogP contribution >= 0.6 is 15.9 Å². The second-order valence-corrected chi connectivity index (χ2v) is 4.57. The average molecular weight is 271 g/mol. The predicted molar refractivity (Wildman–Crippen MR) is 62.6 cm³/mol. The van der Waals surface area contributed by atoms with Gasteiger partial charge in [-0.1, -0.05) is 0 Å². The fourth-order valence-electron chi connectivity index (χ4n) is 1.72. The van der Waals surface area contributed by atoms with Crippen LogP contribution in [0.15, 0.2) is 22.9 Å². The molecule has 15 heavy (non-hydrogen) atoms. The molecule has 2 heterocycles. The zero-order valence-corrected chi connectivity index (χ0v) is 10.2. The van der Waals surface area contributed by atoms with Crippen molar-refractivity contribution < 1.29 is 4.74 Å². The van der Waals surface area contributed by atoms with Gasteiger partial charge in [-0.15, -0.1) is 0 Å². The number of halogens is 1. The molecule has 3 nitrogen and oxygen atoms in total. The summed E-state index contributed by atoms with van der Waals surface area (Å²) >= 11 is 3.37. The molecule has 0 amide bonds. The molecule has 0 aromatic carbocycles. The third kappa shape index (κ3) is 3.55. The summed E-state index contributed by atoms with van der Waals surface area (Å²) in [5, 5.41) is 3.54. The van der Waals surface area contributed by atoms with Gasteiger partial charge >= 0.3 is 0 Å². The van der Waals surface area contributed by atoms with Crippen molar-refractivity contribution in [1.29, 1.82) is 0 Å². The maximum atomic E-state index is 5.31. The van der Waals surface area contributed by atoms with Gasteiger partial charge in [0.1, 0.15) is 4.60 Å².